The molecule has 1 aromatic carbocycles. The second-order valence-electron chi connectivity index (χ2n) is 2.84. The SMILES string of the molecule is Cl.N[C@@H](CCF)c1c(F)ccc(F)c1F. The van der Waals surface area contributed by atoms with Crippen molar-refractivity contribution in [2.24, 2.45) is 5.73 Å². The van der Waals surface area contributed by atoms with Gasteiger partial charge in [-0.05, 0) is 18.6 Å². The minimum Gasteiger partial charge on any atom is -0.324 e. The van der Waals surface area contributed by atoms with Crippen LogP contribution in [0.3, 0.4) is 0 Å². The monoisotopic (exact) mass is 243 g/mol. The van der Waals surface area contributed by atoms with Crippen molar-refractivity contribution in [2.75, 3.05) is 6.67 Å². The summed E-state index contributed by atoms with van der Waals surface area (Å²) in [7, 11) is 0. The highest BCUT2D eigenvalue weighted by atomic mass is 35.5. The van der Waals surface area contributed by atoms with Crippen LogP contribution in [-0.4, -0.2) is 6.67 Å². The zero-order valence-corrected chi connectivity index (χ0v) is 8.46. The van der Waals surface area contributed by atoms with Crippen molar-refractivity contribution in [3.63, 3.8) is 0 Å². The first-order valence-electron chi connectivity index (χ1n) is 4.03. The highest BCUT2D eigenvalue weighted by Gasteiger charge is 2.19. The van der Waals surface area contributed by atoms with E-state index in [9.17, 15) is 17.6 Å². The molecule has 15 heavy (non-hydrogen) atoms. The van der Waals surface area contributed by atoms with Crippen molar-refractivity contribution in [3.05, 3.63) is 35.1 Å². The lowest BCUT2D eigenvalue weighted by atomic mass is 10.0. The molecule has 0 spiro atoms. The summed E-state index contributed by atoms with van der Waals surface area (Å²) in [5.74, 6) is -3.48. The summed E-state index contributed by atoms with van der Waals surface area (Å²) in [5.41, 5.74) is 4.69. The smallest absolute Gasteiger partial charge is 0.166 e. The molecule has 0 aliphatic rings. The van der Waals surface area contributed by atoms with Crippen LogP contribution < -0.4 is 5.73 Å². The first-order valence-corrected chi connectivity index (χ1v) is 4.03. The minimum absolute atomic E-state index is 0. The molecule has 1 atom stereocenters. The van der Waals surface area contributed by atoms with E-state index in [4.69, 9.17) is 5.73 Å². The minimum atomic E-state index is -1.34. The van der Waals surface area contributed by atoms with Gasteiger partial charge >= 0.3 is 0 Å². The Bertz CT molecular complexity index is 332. The standard InChI is InChI=1S/C9H9F4N.ClH/c10-4-3-7(14)8-5(11)1-2-6(12)9(8)13;/h1-2,7H,3-4,14H2;1H/t7-;/m0./s1. The zero-order valence-electron chi connectivity index (χ0n) is 7.64. The molecule has 1 rings (SSSR count). The molecular weight excluding hydrogens is 234 g/mol. The molecule has 0 aromatic heterocycles. The molecule has 0 heterocycles. The van der Waals surface area contributed by atoms with Crippen LogP contribution in [0, 0.1) is 17.5 Å². The molecule has 0 saturated heterocycles. The molecule has 0 aliphatic carbocycles. The second kappa shape index (κ2) is 5.92. The number of hydrogen-bond acceptors (Lipinski definition) is 1. The number of rotatable bonds is 3. The van der Waals surface area contributed by atoms with Crippen molar-refractivity contribution >= 4 is 12.4 Å². The Balaban J connectivity index is 0.00000196. The summed E-state index contributed by atoms with van der Waals surface area (Å²) in [6, 6.07) is 0.276. The average Bonchev–Trinajstić information content (AvgIpc) is 2.13. The average molecular weight is 244 g/mol. The van der Waals surface area contributed by atoms with Crippen LogP contribution in [0.2, 0.25) is 0 Å². The summed E-state index contributed by atoms with van der Waals surface area (Å²) in [4.78, 5) is 0. The van der Waals surface area contributed by atoms with Crippen LogP contribution >= 0.6 is 12.4 Å². The van der Waals surface area contributed by atoms with Gasteiger partial charge in [-0.25, -0.2) is 13.2 Å². The van der Waals surface area contributed by atoms with E-state index in [1.54, 1.807) is 0 Å². The van der Waals surface area contributed by atoms with Gasteiger partial charge in [0, 0.05) is 11.6 Å². The fraction of sp³-hybridized carbons (Fsp3) is 0.333. The molecule has 0 unspecified atom stereocenters. The van der Waals surface area contributed by atoms with Gasteiger partial charge in [-0.3, -0.25) is 4.39 Å². The predicted molar refractivity (Wildman–Crippen MR) is 51.1 cm³/mol. The Morgan fingerprint density at radius 1 is 1.13 bits per heavy atom. The molecule has 0 aliphatic heterocycles. The van der Waals surface area contributed by atoms with Crippen molar-refractivity contribution in [3.8, 4) is 0 Å². The molecule has 0 fully saturated rings. The fourth-order valence-electron chi connectivity index (χ4n) is 1.14. The van der Waals surface area contributed by atoms with E-state index >= 15 is 0 Å². The van der Waals surface area contributed by atoms with Crippen LogP contribution in [0.25, 0.3) is 0 Å². The largest absolute Gasteiger partial charge is 0.324 e. The van der Waals surface area contributed by atoms with E-state index in [1.807, 2.05) is 0 Å². The first kappa shape index (κ1) is 14.2. The summed E-state index contributed by atoms with van der Waals surface area (Å²) < 4.78 is 50.6. The Hall–Kier alpha value is -0.810. The van der Waals surface area contributed by atoms with Crippen LogP contribution in [0.5, 0.6) is 0 Å². The third-order valence-electron chi connectivity index (χ3n) is 1.87. The number of benzene rings is 1. The highest BCUT2D eigenvalue weighted by Crippen LogP contribution is 2.23. The maximum absolute atomic E-state index is 13.0. The quantitative estimate of drug-likeness (QED) is 0.641. The Labute approximate surface area is 90.7 Å². The third-order valence-corrected chi connectivity index (χ3v) is 1.87. The maximum atomic E-state index is 13.0. The van der Waals surface area contributed by atoms with Crippen LogP contribution in [-0.2, 0) is 0 Å². The molecule has 2 N–H and O–H groups in total. The topological polar surface area (TPSA) is 26.0 Å². The number of halogens is 5. The van der Waals surface area contributed by atoms with E-state index in [-0.39, 0.29) is 18.8 Å². The van der Waals surface area contributed by atoms with Crippen molar-refractivity contribution in [1.82, 2.24) is 0 Å². The number of nitrogens with two attached hydrogens (primary N) is 1. The molecule has 0 bridgehead atoms. The second-order valence-corrected chi connectivity index (χ2v) is 2.84. The molecule has 0 amide bonds. The lowest BCUT2D eigenvalue weighted by Crippen LogP contribution is -2.15. The van der Waals surface area contributed by atoms with Crippen LogP contribution in [0.1, 0.15) is 18.0 Å². The van der Waals surface area contributed by atoms with Gasteiger partial charge in [0.05, 0.1) is 6.67 Å². The molecule has 0 radical (unpaired) electrons. The Kier molecular flexibility index (Phi) is 5.60. The summed E-state index contributed by atoms with van der Waals surface area (Å²) in [6.07, 6.45) is -0.239. The van der Waals surface area contributed by atoms with Gasteiger partial charge in [0.2, 0.25) is 0 Å². The molecular formula is C9H10ClF4N. The molecule has 1 aromatic rings. The summed E-state index contributed by atoms with van der Waals surface area (Å²) >= 11 is 0. The van der Waals surface area contributed by atoms with Gasteiger partial charge in [0.15, 0.2) is 11.6 Å². The van der Waals surface area contributed by atoms with Gasteiger partial charge in [-0.2, -0.15) is 0 Å². The third kappa shape index (κ3) is 3.07. The first-order chi connectivity index (χ1) is 6.57. The van der Waals surface area contributed by atoms with E-state index in [0.29, 0.717) is 6.07 Å². The van der Waals surface area contributed by atoms with Crippen molar-refractivity contribution in [2.45, 2.75) is 12.5 Å². The molecule has 6 heteroatoms. The molecule has 1 nitrogen and oxygen atoms in total. The van der Waals surface area contributed by atoms with Gasteiger partial charge in [0.25, 0.3) is 0 Å². The van der Waals surface area contributed by atoms with Gasteiger partial charge < -0.3 is 5.73 Å². The van der Waals surface area contributed by atoms with E-state index < -0.39 is 35.7 Å². The van der Waals surface area contributed by atoms with Gasteiger partial charge in [-0.1, -0.05) is 0 Å². The lowest BCUT2D eigenvalue weighted by molar-refractivity contribution is 0.414. The van der Waals surface area contributed by atoms with Crippen LogP contribution in [0.15, 0.2) is 12.1 Å². The fourth-order valence-corrected chi connectivity index (χ4v) is 1.14. The van der Waals surface area contributed by atoms with Crippen molar-refractivity contribution < 1.29 is 17.6 Å². The number of hydrogen-bond donors (Lipinski definition) is 1. The number of alkyl halides is 1. The predicted octanol–water partition coefficient (Wildman–Crippen LogP) is 2.89. The molecule has 86 valence electrons. The Morgan fingerprint density at radius 2 is 1.67 bits per heavy atom. The lowest BCUT2D eigenvalue weighted by Gasteiger charge is -2.12. The van der Waals surface area contributed by atoms with Gasteiger partial charge in [0.1, 0.15) is 5.82 Å². The Morgan fingerprint density at radius 3 is 2.20 bits per heavy atom. The van der Waals surface area contributed by atoms with E-state index in [1.165, 1.54) is 0 Å². The maximum Gasteiger partial charge on any atom is 0.166 e. The van der Waals surface area contributed by atoms with Crippen LogP contribution in [0.4, 0.5) is 17.6 Å². The molecule has 0 saturated carbocycles. The van der Waals surface area contributed by atoms with E-state index in [0.717, 1.165) is 6.07 Å². The van der Waals surface area contributed by atoms with Crippen molar-refractivity contribution in [1.29, 1.82) is 0 Å². The van der Waals surface area contributed by atoms with Gasteiger partial charge in [-0.15, -0.1) is 12.4 Å². The normalized spacial score (nSPS) is 12.1. The summed E-state index contributed by atoms with van der Waals surface area (Å²) in [6.45, 7) is -0.809. The van der Waals surface area contributed by atoms with E-state index in [2.05, 4.69) is 0 Å². The zero-order chi connectivity index (χ0) is 10.7. The highest BCUT2D eigenvalue weighted by molar-refractivity contribution is 5.85. The summed E-state index contributed by atoms with van der Waals surface area (Å²) in [5, 5.41) is 0.